The van der Waals surface area contributed by atoms with E-state index < -0.39 is 0 Å². The summed E-state index contributed by atoms with van der Waals surface area (Å²) in [5, 5.41) is 0.940. The summed E-state index contributed by atoms with van der Waals surface area (Å²) >= 11 is 13.1. The van der Waals surface area contributed by atoms with Gasteiger partial charge >= 0.3 is 0 Å². The summed E-state index contributed by atoms with van der Waals surface area (Å²) < 4.78 is 0.479. The molecule has 1 aromatic carbocycles. The molecule has 24 heavy (non-hydrogen) atoms. The number of carbonyl (C=O) groups is 1. The molecule has 0 atom stereocenters. The molecule has 0 radical (unpaired) electrons. The summed E-state index contributed by atoms with van der Waals surface area (Å²) in [5.74, 6) is 0.573. The van der Waals surface area contributed by atoms with Crippen LogP contribution in [0.1, 0.15) is 40.8 Å². The number of hydrogen-bond acceptors (Lipinski definition) is 4. The van der Waals surface area contributed by atoms with E-state index in [1.807, 2.05) is 13.0 Å². The van der Waals surface area contributed by atoms with Crippen LogP contribution in [-0.4, -0.2) is 15.8 Å². The first-order chi connectivity index (χ1) is 11.5. The number of benzene rings is 1. The largest absolute Gasteiger partial charge is 0.309 e. The van der Waals surface area contributed by atoms with Crippen molar-refractivity contribution in [2.24, 2.45) is 0 Å². The van der Waals surface area contributed by atoms with Crippen molar-refractivity contribution in [3.8, 4) is 0 Å². The minimum absolute atomic E-state index is 0.0472. The molecule has 0 fully saturated rings. The first-order valence-corrected chi connectivity index (χ1v) is 9.05. The smallest absolute Gasteiger partial charge is 0.268 e. The molecule has 1 N–H and O–H groups in total. The Labute approximate surface area is 152 Å². The molecule has 0 saturated heterocycles. The van der Waals surface area contributed by atoms with Gasteiger partial charge in [0.2, 0.25) is 0 Å². The zero-order valence-corrected chi connectivity index (χ0v) is 15.2. The van der Waals surface area contributed by atoms with Crippen molar-refractivity contribution in [2.75, 3.05) is 0 Å². The fourth-order valence-corrected chi connectivity index (χ4v) is 3.68. The molecule has 3 rings (SSSR count). The highest BCUT2D eigenvalue weighted by Gasteiger charge is 2.14. The van der Waals surface area contributed by atoms with Crippen molar-refractivity contribution >= 4 is 50.5 Å². The van der Waals surface area contributed by atoms with Crippen molar-refractivity contribution in [1.29, 1.82) is 0 Å². The van der Waals surface area contributed by atoms with Crippen molar-refractivity contribution in [1.82, 2.24) is 9.97 Å². The van der Waals surface area contributed by atoms with Gasteiger partial charge in [-0.15, -0.1) is 11.3 Å². The number of nitrogens with one attached hydrogen (secondary N) is 1. The van der Waals surface area contributed by atoms with Crippen LogP contribution < -0.4 is 5.56 Å². The molecule has 0 saturated carbocycles. The van der Waals surface area contributed by atoms with E-state index in [-0.39, 0.29) is 11.3 Å². The first-order valence-electron chi connectivity index (χ1n) is 7.47. The first kappa shape index (κ1) is 17.1. The molecule has 7 heteroatoms. The summed E-state index contributed by atoms with van der Waals surface area (Å²) in [6.07, 6.45) is 1.68. The van der Waals surface area contributed by atoms with Gasteiger partial charge in [-0.05, 0) is 30.2 Å². The highest BCUT2D eigenvalue weighted by atomic mass is 35.5. The van der Waals surface area contributed by atoms with Gasteiger partial charge in [-0.2, -0.15) is 0 Å². The molecule has 0 bridgehead atoms. The SMILES string of the molecule is CCCC(=O)c1cc2nc(Cc3ccc(Cl)c(Cl)c3)[nH]c(=O)c2s1. The Hall–Kier alpha value is -1.69. The second kappa shape index (κ2) is 7.05. The highest BCUT2D eigenvalue weighted by Crippen LogP contribution is 2.25. The van der Waals surface area contributed by atoms with Crippen LogP contribution in [0.5, 0.6) is 0 Å². The summed E-state index contributed by atoms with van der Waals surface area (Å²) in [7, 11) is 0. The molecule has 0 aliphatic heterocycles. The number of H-pyrrole nitrogens is 1. The standard InChI is InChI=1S/C17H14Cl2N2O2S/c1-2-3-13(22)14-8-12-16(24-14)17(23)21-15(20-12)7-9-4-5-10(18)11(19)6-9/h4-6,8H,2-3,7H2,1H3,(H,20,21,23). The molecule has 0 aliphatic carbocycles. The summed E-state index contributed by atoms with van der Waals surface area (Å²) in [4.78, 5) is 32.1. The average molecular weight is 381 g/mol. The van der Waals surface area contributed by atoms with Gasteiger partial charge in [0, 0.05) is 12.8 Å². The second-order valence-electron chi connectivity index (χ2n) is 5.44. The van der Waals surface area contributed by atoms with Gasteiger partial charge in [0.25, 0.3) is 5.56 Å². The summed E-state index contributed by atoms with van der Waals surface area (Å²) in [5.41, 5.74) is 1.22. The number of fused-ring (bicyclic) bond motifs is 1. The number of hydrogen-bond donors (Lipinski definition) is 1. The molecule has 4 nitrogen and oxygen atoms in total. The van der Waals surface area contributed by atoms with Gasteiger partial charge in [-0.3, -0.25) is 9.59 Å². The maximum absolute atomic E-state index is 12.3. The van der Waals surface area contributed by atoms with E-state index in [0.29, 0.717) is 43.8 Å². The molecule has 2 aromatic heterocycles. The quantitative estimate of drug-likeness (QED) is 0.642. The monoisotopic (exact) mass is 380 g/mol. The zero-order chi connectivity index (χ0) is 17.3. The van der Waals surface area contributed by atoms with Gasteiger partial charge in [-0.25, -0.2) is 4.98 Å². The van der Waals surface area contributed by atoms with Gasteiger partial charge in [0.05, 0.1) is 20.4 Å². The van der Waals surface area contributed by atoms with Crippen LogP contribution in [0.3, 0.4) is 0 Å². The number of Topliss-reactive ketones (excluding diaryl/α,β-unsaturated/α-hetero) is 1. The topological polar surface area (TPSA) is 62.8 Å². The van der Waals surface area contributed by atoms with E-state index in [4.69, 9.17) is 23.2 Å². The molecule has 0 amide bonds. The number of nitrogens with zero attached hydrogens (tertiary/aromatic N) is 1. The normalized spacial score (nSPS) is 11.1. The third-order valence-corrected chi connectivity index (χ3v) is 5.44. The zero-order valence-electron chi connectivity index (χ0n) is 12.9. The van der Waals surface area contributed by atoms with E-state index in [1.165, 1.54) is 11.3 Å². The summed E-state index contributed by atoms with van der Waals surface area (Å²) in [6.45, 7) is 1.95. The third kappa shape index (κ3) is 3.53. The van der Waals surface area contributed by atoms with E-state index in [1.54, 1.807) is 18.2 Å². The maximum atomic E-state index is 12.3. The number of aromatic amines is 1. The number of thiophene rings is 1. The van der Waals surface area contributed by atoms with Crippen LogP contribution in [0, 0.1) is 0 Å². The van der Waals surface area contributed by atoms with Gasteiger partial charge in [-0.1, -0.05) is 36.2 Å². The van der Waals surface area contributed by atoms with Crippen molar-refractivity contribution in [3.63, 3.8) is 0 Å². The average Bonchev–Trinajstić information content (AvgIpc) is 2.96. The molecular formula is C17H14Cl2N2O2S. The predicted octanol–water partition coefficient (Wildman–Crippen LogP) is 4.87. The Balaban J connectivity index is 1.96. The second-order valence-corrected chi connectivity index (χ2v) is 7.30. The molecule has 0 spiro atoms. The van der Waals surface area contributed by atoms with Gasteiger partial charge in [0.15, 0.2) is 5.78 Å². The van der Waals surface area contributed by atoms with Crippen molar-refractivity contribution < 1.29 is 4.79 Å². The molecule has 3 aromatic rings. The maximum Gasteiger partial charge on any atom is 0.268 e. The minimum Gasteiger partial charge on any atom is -0.309 e. The number of halogens is 2. The van der Waals surface area contributed by atoms with E-state index in [9.17, 15) is 9.59 Å². The Morgan fingerprint density at radius 2 is 2.04 bits per heavy atom. The lowest BCUT2D eigenvalue weighted by Crippen LogP contribution is -2.10. The van der Waals surface area contributed by atoms with Crippen LogP contribution >= 0.6 is 34.5 Å². The van der Waals surface area contributed by atoms with Crippen LogP contribution in [0.15, 0.2) is 29.1 Å². The molecule has 124 valence electrons. The Bertz CT molecular complexity index is 978. The van der Waals surface area contributed by atoms with E-state index in [2.05, 4.69) is 9.97 Å². The highest BCUT2D eigenvalue weighted by molar-refractivity contribution is 7.20. The lowest BCUT2D eigenvalue weighted by molar-refractivity contribution is 0.0985. The van der Waals surface area contributed by atoms with Crippen LogP contribution in [0.4, 0.5) is 0 Å². The molecular weight excluding hydrogens is 367 g/mol. The number of carbonyl (C=O) groups excluding carboxylic acids is 1. The van der Waals surface area contributed by atoms with E-state index >= 15 is 0 Å². The van der Waals surface area contributed by atoms with E-state index in [0.717, 1.165) is 12.0 Å². The number of ketones is 1. The van der Waals surface area contributed by atoms with Crippen LogP contribution in [-0.2, 0) is 6.42 Å². The fourth-order valence-electron chi connectivity index (χ4n) is 2.40. The lowest BCUT2D eigenvalue weighted by atomic mass is 10.1. The van der Waals surface area contributed by atoms with Crippen LogP contribution in [0.2, 0.25) is 10.0 Å². The van der Waals surface area contributed by atoms with Gasteiger partial charge < -0.3 is 4.98 Å². The van der Waals surface area contributed by atoms with Crippen molar-refractivity contribution in [3.05, 3.63) is 60.9 Å². The summed E-state index contributed by atoms with van der Waals surface area (Å²) in [6, 6.07) is 6.99. The predicted molar refractivity (Wildman–Crippen MR) is 98.7 cm³/mol. The molecule has 0 unspecified atom stereocenters. The number of aromatic nitrogens is 2. The Morgan fingerprint density at radius 3 is 2.75 bits per heavy atom. The lowest BCUT2D eigenvalue weighted by Gasteiger charge is -2.03. The number of rotatable bonds is 5. The Kier molecular flexibility index (Phi) is 5.04. The minimum atomic E-state index is -0.226. The van der Waals surface area contributed by atoms with Crippen LogP contribution in [0.25, 0.3) is 10.2 Å². The molecule has 0 aliphatic rings. The van der Waals surface area contributed by atoms with Crippen molar-refractivity contribution in [2.45, 2.75) is 26.2 Å². The Morgan fingerprint density at radius 1 is 1.25 bits per heavy atom. The van der Waals surface area contributed by atoms with Gasteiger partial charge in [0.1, 0.15) is 10.5 Å². The molecule has 2 heterocycles. The third-order valence-electron chi connectivity index (χ3n) is 3.54. The fraction of sp³-hybridized carbons (Fsp3) is 0.235.